The van der Waals surface area contributed by atoms with Crippen LogP contribution in [0.25, 0.3) is 0 Å². The molecule has 1 unspecified atom stereocenters. The normalized spacial score (nSPS) is 25.8. The molecule has 4 heteroatoms. The van der Waals surface area contributed by atoms with Gasteiger partial charge < -0.3 is 19.5 Å². The third-order valence-electron chi connectivity index (χ3n) is 7.82. The van der Waals surface area contributed by atoms with Gasteiger partial charge in [-0.15, -0.1) is 0 Å². The summed E-state index contributed by atoms with van der Waals surface area (Å²) in [6.07, 6.45) is 11.0. The molecule has 3 aliphatic rings. The van der Waals surface area contributed by atoms with Gasteiger partial charge in [0.2, 0.25) is 0 Å². The monoisotopic (exact) mass is 449 g/mol. The van der Waals surface area contributed by atoms with E-state index >= 15 is 0 Å². The molecule has 4 nitrogen and oxygen atoms in total. The van der Waals surface area contributed by atoms with Gasteiger partial charge in [-0.2, -0.15) is 0 Å². The molecule has 1 atom stereocenters. The van der Waals surface area contributed by atoms with Crippen LogP contribution in [-0.4, -0.2) is 31.9 Å². The van der Waals surface area contributed by atoms with Crippen molar-refractivity contribution in [2.75, 3.05) is 19.8 Å². The Bertz CT molecular complexity index is 899. The Labute approximate surface area is 199 Å². The summed E-state index contributed by atoms with van der Waals surface area (Å²) in [4.78, 5) is 0. The van der Waals surface area contributed by atoms with Crippen LogP contribution in [0.4, 0.5) is 0 Å². The van der Waals surface area contributed by atoms with E-state index in [9.17, 15) is 0 Å². The SMILES string of the molecule is Cc1ccccc1C1CCc2cc(OC3CCC(NCCC4CCOCC4)CC3)ccc2O1. The van der Waals surface area contributed by atoms with Crippen LogP contribution >= 0.6 is 0 Å². The Kier molecular flexibility index (Phi) is 7.53. The predicted octanol–water partition coefficient (Wildman–Crippen LogP) is 6.16. The van der Waals surface area contributed by atoms with E-state index in [0.29, 0.717) is 12.1 Å². The Morgan fingerprint density at radius 2 is 1.76 bits per heavy atom. The summed E-state index contributed by atoms with van der Waals surface area (Å²) in [7, 11) is 0. The van der Waals surface area contributed by atoms with Crippen LogP contribution in [0.1, 0.15) is 74.2 Å². The first kappa shape index (κ1) is 22.7. The third-order valence-corrected chi connectivity index (χ3v) is 7.82. The second-order valence-electron chi connectivity index (χ2n) is 10.2. The predicted molar refractivity (Wildman–Crippen MR) is 132 cm³/mol. The first-order valence-electron chi connectivity index (χ1n) is 13.1. The highest BCUT2D eigenvalue weighted by Gasteiger charge is 2.25. The maximum Gasteiger partial charge on any atom is 0.124 e. The molecule has 5 rings (SSSR count). The van der Waals surface area contributed by atoms with Gasteiger partial charge in [0.1, 0.15) is 17.6 Å². The molecule has 0 bridgehead atoms. The number of nitrogens with one attached hydrogen (secondary N) is 1. The number of hydrogen-bond donors (Lipinski definition) is 1. The Balaban J connectivity index is 1.07. The highest BCUT2D eigenvalue weighted by Crippen LogP contribution is 2.38. The number of aryl methyl sites for hydroxylation is 2. The van der Waals surface area contributed by atoms with Crippen molar-refractivity contribution >= 4 is 0 Å². The summed E-state index contributed by atoms with van der Waals surface area (Å²) < 4.78 is 18.2. The lowest BCUT2D eigenvalue weighted by Gasteiger charge is -2.31. The molecule has 2 aliphatic heterocycles. The van der Waals surface area contributed by atoms with Crippen molar-refractivity contribution in [3.8, 4) is 11.5 Å². The van der Waals surface area contributed by atoms with Gasteiger partial charge in [-0.1, -0.05) is 24.3 Å². The van der Waals surface area contributed by atoms with Gasteiger partial charge >= 0.3 is 0 Å². The molecule has 0 spiro atoms. The number of rotatable bonds is 7. The molecular weight excluding hydrogens is 410 g/mol. The fourth-order valence-corrected chi connectivity index (χ4v) is 5.71. The maximum atomic E-state index is 6.40. The van der Waals surface area contributed by atoms with Crippen LogP contribution in [0.3, 0.4) is 0 Å². The topological polar surface area (TPSA) is 39.7 Å². The lowest BCUT2D eigenvalue weighted by atomic mass is 9.92. The van der Waals surface area contributed by atoms with Crippen LogP contribution in [0.5, 0.6) is 11.5 Å². The molecule has 2 fully saturated rings. The van der Waals surface area contributed by atoms with E-state index in [1.165, 1.54) is 48.8 Å². The number of benzene rings is 2. The molecule has 1 saturated carbocycles. The Morgan fingerprint density at radius 3 is 2.58 bits per heavy atom. The molecule has 2 aromatic carbocycles. The minimum Gasteiger partial charge on any atom is -0.490 e. The van der Waals surface area contributed by atoms with Gasteiger partial charge in [-0.3, -0.25) is 0 Å². The van der Waals surface area contributed by atoms with Crippen molar-refractivity contribution in [1.82, 2.24) is 5.32 Å². The zero-order chi connectivity index (χ0) is 22.5. The second kappa shape index (κ2) is 10.9. The standard InChI is InChI=1S/C29H39NO3/c1-21-4-2-3-5-27(21)29-12-6-23-20-26(11-13-28(23)33-29)32-25-9-7-24(8-10-25)30-17-14-22-15-18-31-19-16-22/h2-5,11,13,20,22,24-25,29-30H,6-10,12,14-19H2,1H3. The van der Waals surface area contributed by atoms with E-state index in [1.54, 1.807) is 0 Å². The summed E-state index contributed by atoms with van der Waals surface area (Å²) >= 11 is 0. The third kappa shape index (κ3) is 5.91. The van der Waals surface area contributed by atoms with Gasteiger partial charge in [-0.25, -0.2) is 0 Å². The van der Waals surface area contributed by atoms with E-state index in [0.717, 1.165) is 62.9 Å². The number of ether oxygens (including phenoxy) is 3. The lowest BCUT2D eigenvalue weighted by Crippen LogP contribution is -2.37. The van der Waals surface area contributed by atoms with Crippen molar-refractivity contribution < 1.29 is 14.2 Å². The smallest absolute Gasteiger partial charge is 0.124 e. The fraction of sp³-hybridized carbons (Fsp3) is 0.586. The zero-order valence-corrected chi connectivity index (χ0v) is 20.1. The van der Waals surface area contributed by atoms with E-state index in [1.807, 2.05) is 0 Å². The van der Waals surface area contributed by atoms with E-state index in [2.05, 4.69) is 54.7 Å². The van der Waals surface area contributed by atoms with E-state index in [4.69, 9.17) is 14.2 Å². The second-order valence-corrected chi connectivity index (χ2v) is 10.2. The molecule has 1 aliphatic carbocycles. The van der Waals surface area contributed by atoms with Crippen LogP contribution in [0.2, 0.25) is 0 Å². The van der Waals surface area contributed by atoms with Gasteiger partial charge in [-0.05, 0) is 112 Å². The van der Waals surface area contributed by atoms with Gasteiger partial charge in [0, 0.05) is 19.3 Å². The van der Waals surface area contributed by atoms with Crippen LogP contribution in [0, 0.1) is 12.8 Å². The Hall–Kier alpha value is -2.04. The molecule has 2 aromatic rings. The molecule has 2 heterocycles. The van der Waals surface area contributed by atoms with Crippen LogP contribution in [0.15, 0.2) is 42.5 Å². The van der Waals surface area contributed by atoms with Gasteiger partial charge in [0.15, 0.2) is 0 Å². The van der Waals surface area contributed by atoms with Crippen LogP contribution in [-0.2, 0) is 11.2 Å². The average Bonchev–Trinajstić information content (AvgIpc) is 2.86. The summed E-state index contributed by atoms with van der Waals surface area (Å²) in [6, 6.07) is 15.6. The van der Waals surface area contributed by atoms with Crippen LogP contribution < -0.4 is 14.8 Å². The highest BCUT2D eigenvalue weighted by atomic mass is 16.5. The molecule has 178 valence electrons. The quantitative estimate of drug-likeness (QED) is 0.550. The van der Waals surface area contributed by atoms with E-state index in [-0.39, 0.29) is 6.10 Å². The Morgan fingerprint density at radius 1 is 0.939 bits per heavy atom. The molecule has 0 radical (unpaired) electrons. The highest BCUT2D eigenvalue weighted by molar-refractivity contribution is 5.43. The average molecular weight is 450 g/mol. The fourth-order valence-electron chi connectivity index (χ4n) is 5.71. The number of fused-ring (bicyclic) bond motifs is 1. The lowest BCUT2D eigenvalue weighted by molar-refractivity contribution is 0.0633. The first-order chi connectivity index (χ1) is 16.2. The number of hydrogen-bond acceptors (Lipinski definition) is 4. The maximum absolute atomic E-state index is 6.40. The summed E-state index contributed by atoms with van der Waals surface area (Å²) in [6.45, 7) is 5.22. The van der Waals surface area contributed by atoms with Gasteiger partial charge in [0.25, 0.3) is 0 Å². The first-order valence-corrected chi connectivity index (χ1v) is 13.1. The minimum atomic E-state index is 0.152. The zero-order valence-electron chi connectivity index (χ0n) is 20.1. The summed E-state index contributed by atoms with van der Waals surface area (Å²) in [5, 5.41) is 3.80. The van der Waals surface area contributed by atoms with Crippen molar-refractivity contribution in [3.05, 3.63) is 59.2 Å². The molecule has 0 aromatic heterocycles. The van der Waals surface area contributed by atoms with E-state index < -0.39 is 0 Å². The van der Waals surface area contributed by atoms with Crippen molar-refractivity contribution in [2.24, 2.45) is 5.92 Å². The molecule has 0 amide bonds. The molecular formula is C29H39NO3. The van der Waals surface area contributed by atoms with Crippen molar-refractivity contribution in [3.63, 3.8) is 0 Å². The van der Waals surface area contributed by atoms with Gasteiger partial charge in [0.05, 0.1) is 6.10 Å². The molecule has 1 N–H and O–H groups in total. The molecule has 33 heavy (non-hydrogen) atoms. The van der Waals surface area contributed by atoms with Crippen molar-refractivity contribution in [2.45, 2.75) is 83.0 Å². The summed E-state index contributed by atoms with van der Waals surface area (Å²) in [5.74, 6) is 2.87. The van der Waals surface area contributed by atoms with Crippen molar-refractivity contribution in [1.29, 1.82) is 0 Å². The summed E-state index contributed by atoms with van der Waals surface area (Å²) in [5.41, 5.74) is 3.89. The largest absolute Gasteiger partial charge is 0.490 e. The minimum absolute atomic E-state index is 0.152. The molecule has 1 saturated heterocycles.